The summed E-state index contributed by atoms with van der Waals surface area (Å²) in [5.41, 5.74) is 0.216. The third-order valence-electron chi connectivity index (χ3n) is 4.47. The maximum atomic E-state index is 11.3. The molecule has 0 saturated heterocycles. The lowest BCUT2D eigenvalue weighted by Gasteiger charge is -2.44. The van der Waals surface area contributed by atoms with Crippen LogP contribution >= 0.6 is 0 Å². The van der Waals surface area contributed by atoms with E-state index in [-0.39, 0.29) is 5.54 Å². The molecule has 1 N–H and O–H groups in total. The minimum atomic E-state index is -2.84. The summed E-state index contributed by atoms with van der Waals surface area (Å²) in [4.78, 5) is 2.35. The molecule has 19 heavy (non-hydrogen) atoms. The Labute approximate surface area is 118 Å². The van der Waals surface area contributed by atoms with E-state index in [4.69, 9.17) is 0 Å². The topological polar surface area (TPSA) is 49.4 Å². The Morgan fingerprint density at radius 2 is 1.84 bits per heavy atom. The smallest absolute Gasteiger partial charge is 0.147 e. The van der Waals surface area contributed by atoms with Crippen molar-refractivity contribution in [3.63, 3.8) is 0 Å². The van der Waals surface area contributed by atoms with Gasteiger partial charge >= 0.3 is 0 Å². The zero-order valence-electron chi connectivity index (χ0n) is 12.9. The van der Waals surface area contributed by atoms with Gasteiger partial charge in [-0.05, 0) is 46.3 Å². The van der Waals surface area contributed by atoms with Gasteiger partial charge in [0.2, 0.25) is 0 Å². The Bertz CT molecular complexity index is 360. The summed E-state index contributed by atoms with van der Waals surface area (Å²) in [7, 11) is 1.48. The fourth-order valence-electron chi connectivity index (χ4n) is 3.45. The maximum Gasteiger partial charge on any atom is 0.147 e. The minimum Gasteiger partial charge on any atom is -0.312 e. The van der Waals surface area contributed by atoms with E-state index in [0.717, 1.165) is 19.4 Å². The molecule has 0 aromatic rings. The van der Waals surface area contributed by atoms with Crippen LogP contribution in [0, 0.1) is 0 Å². The second-order valence-corrected chi connectivity index (χ2v) is 8.35. The zero-order chi connectivity index (χ0) is 14.5. The van der Waals surface area contributed by atoms with Crippen LogP contribution in [0.4, 0.5) is 0 Å². The average molecular weight is 290 g/mol. The fraction of sp³-hybridized carbons (Fsp3) is 1.00. The van der Waals surface area contributed by atoms with Crippen molar-refractivity contribution in [1.82, 2.24) is 10.2 Å². The van der Waals surface area contributed by atoms with Gasteiger partial charge in [-0.1, -0.05) is 19.8 Å². The highest BCUT2D eigenvalue weighted by atomic mass is 32.2. The van der Waals surface area contributed by atoms with Crippen LogP contribution in [0.1, 0.15) is 45.4 Å². The third kappa shape index (κ3) is 4.72. The molecule has 1 aliphatic rings. The summed E-state index contributed by atoms with van der Waals surface area (Å²) in [5.74, 6) is 0.304. The van der Waals surface area contributed by atoms with Gasteiger partial charge in [-0.15, -0.1) is 0 Å². The molecule has 0 radical (unpaired) electrons. The Morgan fingerprint density at radius 1 is 1.26 bits per heavy atom. The molecule has 0 bridgehead atoms. The van der Waals surface area contributed by atoms with E-state index in [0.29, 0.717) is 11.8 Å². The Hall–Kier alpha value is -0.130. The van der Waals surface area contributed by atoms with Crippen molar-refractivity contribution in [1.29, 1.82) is 0 Å². The molecule has 1 unspecified atom stereocenters. The first-order valence-corrected chi connectivity index (χ1v) is 9.46. The average Bonchev–Trinajstić information content (AvgIpc) is 2.76. The predicted molar refractivity (Wildman–Crippen MR) is 81.3 cm³/mol. The van der Waals surface area contributed by atoms with E-state index in [9.17, 15) is 8.42 Å². The van der Waals surface area contributed by atoms with E-state index in [1.165, 1.54) is 31.9 Å². The largest absolute Gasteiger partial charge is 0.312 e. The third-order valence-corrected chi connectivity index (χ3v) is 5.50. The molecular formula is C14H30N2O2S. The molecule has 5 heteroatoms. The van der Waals surface area contributed by atoms with Gasteiger partial charge in [0.15, 0.2) is 0 Å². The van der Waals surface area contributed by atoms with Gasteiger partial charge in [-0.25, -0.2) is 8.42 Å². The number of hydrogen-bond donors (Lipinski definition) is 1. The molecule has 114 valence electrons. The lowest BCUT2D eigenvalue weighted by molar-refractivity contribution is 0.100. The van der Waals surface area contributed by atoms with Crippen LogP contribution in [0.25, 0.3) is 0 Å². The molecule has 0 aliphatic heterocycles. The van der Waals surface area contributed by atoms with Gasteiger partial charge in [0.25, 0.3) is 0 Å². The van der Waals surface area contributed by atoms with Crippen molar-refractivity contribution >= 4 is 9.84 Å². The molecule has 4 nitrogen and oxygen atoms in total. The van der Waals surface area contributed by atoms with E-state index in [2.05, 4.69) is 31.2 Å². The Morgan fingerprint density at radius 3 is 2.26 bits per heavy atom. The molecule has 0 heterocycles. The molecule has 1 rings (SSSR count). The number of hydrogen-bond acceptors (Lipinski definition) is 4. The highest BCUT2D eigenvalue weighted by Crippen LogP contribution is 2.38. The molecule has 0 amide bonds. The van der Waals surface area contributed by atoms with Crippen LogP contribution in [0.3, 0.4) is 0 Å². The normalized spacial score (nSPS) is 20.9. The quantitative estimate of drug-likeness (QED) is 0.739. The van der Waals surface area contributed by atoms with Crippen LogP contribution in [-0.4, -0.2) is 57.5 Å². The summed E-state index contributed by atoms with van der Waals surface area (Å²) in [5, 5.41) is 3.60. The van der Waals surface area contributed by atoms with Crippen LogP contribution < -0.4 is 5.32 Å². The molecule has 1 aliphatic carbocycles. The van der Waals surface area contributed by atoms with Crippen LogP contribution in [0.5, 0.6) is 0 Å². The van der Waals surface area contributed by atoms with Crippen molar-refractivity contribution in [2.75, 3.05) is 32.6 Å². The van der Waals surface area contributed by atoms with Gasteiger partial charge in [-0.2, -0.15) is 0 Å². The van der Waals surface area contributed by atoms with Gasteiger partial charge in [0, 0.05) is 23.6 Å². The van der Waals surface area contributed by atoms with Crippen LogP contribution in [0.2, 0.25) is 0 Å². The predicted octanol–water partition coefficient (Wildman–Crippen LogP) is 1.66. The molecule has 0 aromatic carbocycles. The SMILES string of the molecule is CCNC(CCCS(C)(=O)=O)C1(N(C)C)CCCC1. The first kappa shape index (κ1) is 16.9. The van der Waals surface area contributed by atoms with Gasteiger partial charge in [0.1, 0.15) is 9.84 Å². The highest BCUT2D eigenvalue weighted by molar-refractivity contribution is 7.90. The second-order valence-electron chi connectivity index (χ2n) is 6.09. The maximum absolute atomic E-state index is 11.3. The van der Waals surface area contributed by atoms with Crippen molar-refractivity contribution in [2.45, 2.75) is 57.0 Å². The summed E-state index contributed by atoms with van der Waals surface area (Å²) >= 11 is 0. The van der Waals surface area contributed by atoms with Crippen molar-refractivity contribution < 1.29 is 8.42 Å². The molecule has 0 aromatic heterocycles. The second kappa shape index (κ2) is 7.04. The number of sulfone groups is 1. The molecular weight excluding hydrogens is 260 g/mol. The highest BCUT2D eigenvalue weighted by Gasteiger charge is 2.42. The lowest BCUT2D eigenvalue weighted by atomic mass is 9.84. The van der Waals surface area contributed by atoms with Crippen LogP contribution in [-0.2, 0) is 9.84 Å². The fourth-order valence-corrected chi connectivity index (χ4v) is 4.14. The van der Waals surface area contributed by atoms with Crippen molar-refractivity contribution in [3.8, 4) is 0 Å². The zero-order valence-corrected chi connectivity index (χ0v) is 13.7. The van der Waals surface area contributed by atoms with Gasteiger partial charge in [0.05, 0.1) is 0 Å². The summed E-state index contributed by atoms with van der Waals surface area (Å²) < 4.78 is 22.5. The standard InChI is InChI=1S/C14H30N2O2S/c1-5-15-13(9-8-12-19(4,17)18)14(16(2)3)10-6-7-11-14/h13,15H,5-12H2,1-4H3. The van der Waals surface area contributed by atoms with E-state index in [1.54, 1.807) is 0 Å². The first-order chi connectivity index (χ1) is 8.82. The monoisotopic (exact) mass is 290 g/mol. The van der Waals surface area contributed by atoms with E-state index >= 15 is 0 Å². The molecule has 1 saturated carbocycles. The summed E-state index contributed by atoms with van der Waals surface area (Å²) in [6.45, 7) is 3.07. The lowest BCUT2D eigenvalue weighted by Crippen LogP contribution is -2.57. The number of nitrogens with zero attached hydrogens (tertiary/aromatic N) is 1. The molecule has 1 fully saturated rings. The summed E-state index contributed by atoms with van der Waals surface area (Å²) in [6, 6.07) is 0.400. The van der Waals surface area contributed by atoms with Gasteiger partial charge in [-0.3, -0.25) is 0 Å². The summed E-state index contributed by atoms with van der Waals surface area (Å²) in [6.07, 6.45) is 8.03. The van der Waals surface area contributed by atoms with E-state index in [1.807, 2.05) is 0 Å². The molecule has 0 spiro atoms. The van der Waals surface area contributed by atoms with Crippen molar-refractivity contribution in [2.24, 2.45) is 0 Å². The van der Waals surface area contributed by atoms with Crippen molar-refractivity contribution in [3.05, 3.63) is 0 Å². The Balaban J connectivity index is 2.69. The minimum absolute atomic E-state index is 0.216. The first-order valence-electron chi connectivity index (χ1n) is 7.40. The number of likely N-dealkylation sites (N-methyl/N-ethyl adjacent to an activating group) is 2. The van der Waals surface area contributed by atoms with E-state index < -0.39 is 9.84 Å². The molecule has 1 atom stereocenters. The van der Waals surface area contributed by atoms with Crippen LogP contribution in [0.15, 0.2) is 0 Å². The Kier molecular flexibility index (Phi) is 6.27. The number of nitrogens with one attached hydrogen (secondary N) is 1. The van der Waals surface area contributed by atoms with Gasteiger partial charge < -0.3 is 10.2 Å². The number of rotatable bonds is 8.